The van der Waals surface area contributed by atoms with Crippen molar-refractivity contribution < 1.29 is 18.7 Å². The van der Waals surface area contributed by atoms with Crippen molar-refractivity contribution in [3.8, 4) is 0 Å². The minimum atomic E-state index is -0.428. The van der Waals surface area contributed by atoms with E-state index in [1.165, 1.54) is 12.1 Å². The van der Waals surface area contributed by atoms with Gasteiger partial charge in [-0.15, -0.1) is 0 Å². The number of piperidine rings is 1. The predicted molar refractivity (Wildman–Crippen MR) is 76.4 cm³/mol. The maximum Gasteiger partial charge on any atom is 0.310 e. The van der Waals surface area contributed by atoms with Gasteiger partial charge in [0.2, 0.25) is 0 Å². The third-order valence-corrected chi connectivity index (χ3v) is 3.76. The fourth-order valence-electron chi connectivity index (χ4n) is 2.61. The van der Waals surface area contributed by atoms with Crippen molar-refractivity contribution in [2.24, 2.45) is 5.92 Å². The zero-order valence-corrected chi connectivity index (χ0v) is 12.4. The Labute approximate surface area is 123 Å². The van der Waals surface area contributed by atoms with E-state index in [4.69, 9.17) is 4.74 Å². The van der Waals surface area contributed by atoms with Crippen molar-refractivity contribution in [2.75, 3.05) is 19.7 Å². The second kappa shape index (κ2) is 6.70. The van der Waals surface area contributed by atoms with E-state index in [9.17, 15) is 14.0 Å². The van der Waals surface area contributed by atoms with Crippen LogP contribution in [0.2, 0.25) is 0 Å². The maximum atomic E-state index is 13.3. The lowest BCUT2D eigenvalue weighted by molar-refractivity contribution is -0.149. The summed E-state index contributed by atoms with van der Waals surface area (Å²) in [6.07, 6.45) is 1.48. The molecule has 0 aromatic heterocycles. The molecule has 1 aliphatic heterocycles. The van der Waals surface area contributed by atoms with E-state index in [0.717, 1.165) is 18.4 Å². The van der Waals surface area contributed by atoms with Gasteiger partial charge >= 0.3 is 5.97 Å². The van der Waals surface area contributed by atoms with Crippen LogP contribution in [0, 0.1) is 18.7 Å². The van der Waals surface area contributed by atoms with Gasteiger partial charge in [0.1, 0.15) is 5.82 Å². The smallest absolute Gasteiger partial charge is 0.310 e. The number of ether oxygens (including phenoxy) is 1. The number of hydrogen-bond acceptors (Lipinski definition) is 3. The summed E-state index contributed by atoms with van der Waals surface area (Å²) in [6.45, 7) is 4.81. The van der Waals surface area contributed by atoms with Gasteiger partial charge in [0.25, 0.3) is 5.91 Å². The van der Waals surface area contributed by atoms with E-state index >= 15 is 0 Å². The zero-order chi connectivity index (χ0) is 15.4. The van der Waals surface area contributed by atoms with Gasteiger partial charge in [-0.3, -0.25) is 9.59 Å². The molecule has 0 saturated carbocycles. The Bertz CT molecular complexity index is 544. The van der Waals surface area contributed by atoms with Gasteiger partial charge in [-0.05, 0) is 44.4 Å². The largest absolute Gasteiger partial charge is 0.466 e. The number of carbonyl (C=O) groups excluding carboxylic acids is 2. The number of aryl methyl sites for hydroxylation is 1. The number of likely N-dealkylation sites (tertiary alicyclic amines) is 1. The van der Waals surface area contributed by atoms with Crippen LogP contribution in [0.15, 0.2) is 18.2 Å². The van der Waals surface area contributed by atoms with E-state index in [1.807, 2.05) is 0 Å². The predicted octanol–water partition coefficient (Wildman–Crippen LogP) is 2.55. The van der Waals surface area contributed by atoms with Crippen LogP contribution in [-0.4, -0.2) is 36.5 Å². The molecule has 4 nitrogen and oxygen atoms in total. The van der Waals surface area contributed by atoms with Gasteiger partial charge in [-0.1, -0.05) is 6.07 Å². The maximum absolute atomic E-state index is 13.3. The summed E-state index contributed by atoms with van der Waals surface area (Å²) in [5.74, 6) is -1.19. The standard InChI is InChI=1S/C16H20FNO3/c1-3-21-16(20)12-5-4-8-18(10-12)15(19)14-9-13(17)7-6-11(14)2/h6-7,9,12H,3-5,8,10H2,1-2H3/t12-/m1/s1. The number of carbonyl (C=O) groups is 2. The first-order chi connectivity index (χ1) is 10.0. The van der Waals surface area contributed by atoms with E-state index in [2.05, 4.69) is 0 Å². The Balaban J connectivity index is 2.12. The van der Waals surface area contributed by atoms with Crippen LogP contribution in [-0.2, 0) is 9.53 Å². The van der Waals surface area contributed by atoms with Gasteiger partial charge < -0.3 is 9.64 Å². The van der Waals surface area contributed by atoms with E-state index in [-0.39, 0.29) is 17.8 Å². The molecule has 0 radical (unpaired) electrons. The molecule has 21 heavy (non-hydrogen) atoms. The number of esters is 1. The highest BCUT2D eigenvalue weighted by atomic mass is 19.1. The monoisotopic (exact) mass is 293 g/mol. The van der Waals surface area contributed by atoms with Crippen molar-refractivity contribution in [3.05, 3.63) is 35.1 Å². The molecular formula is C16H20FNO3. The van der Waals surface area contributed by atoms with Crippen LogP contribution in [0.3, 0.4) is 0 Å². The number of halogens is 1. The highest BCUT2D eigenvalue weighted by molar-refractivity contribution is 5.96. The molecule has 1 saturated heterocycles. The molecule has 0 spiro atoms. The Hall–Kier alpha value is -1.91. The van der Waals surface area contributed by atoms with Crippen molar-refractivity contribution in [1.29, 1.82) is 0 Å². The van der Waals surface area contributed by atoms with Crippen LogP contribution >= 0.6 is 0 Å². The Kier molecular flexibility index (Phi) is 4.94. The van der Waals surface area contributed by atoms with Gasteiger partial charge in [0, 0.05) is 18.7 Å². The fourth-order valence-corrected chi connectivity index (χ4v) is 2.61. The van der Waals surface area contributed by atoms with Gasteiger partial charge in [0.15, 0.2) is 0 Å². The number of nitrogens with zero attached hydrogens (tertiary/aromatic N) is 1. The van der Waals surface area contributed by atoms with Crippen LogP contribution in [0.1, 0.15) is 35.7 Å². The first-order valence-electron chi connectivity index (χ1n) is 7.25. The quantitative estimate of drug-likeness (QED) is 0.805. The van der Waals surface area contributed by atoms with E-state index < -0.39 is 5.82 Å². The SMILES string of the molecule is CCOC(=O)[C@@H]1CCCN(C(=O)c2cc(F)ccc2C)C1. The molecule has 1 heterocycles. The average molecular weight is 293 g/mol. The molecular weight excluding hydrogens is 273 g/mol. The number of amides is 1. The molecule has 1 atom stereocenters. The Morgan fingerprint density at radius 3 is 2.90 bits per heavy atom. The highest BCUT2D eigenvalue weighted by Gasteiger charge is 2.30. The molecule has 1 aromatic rings. The molecule has 1 aliphatic rings. The van der Waals surface area contributed by atoms with Crippen molar-refractivity contribution in [2.45, 2.75) is 26.7 Å². The lowest BCUT2D eigenvalue weighted by Gasteiger charge is -2.32. The van der Waals surface area contributed by atoms with Gasteiger partial charge in [0.05, 0.1) is 12.5 Å². The number of rotatable bonds is 3. The molecule has 1 amide bonds. The Morgan fingerprint density at radius 1 is 1.43 bits per heavy atom. The second-order valence-corrected chi connectivity index (χ2v) is 5.30. The molecule has 0 unspecified atom stereocenters. The highest BCUT2D eigenvalue weighted by Crippen LogP contribution is 2.21. The molecule has 1 fully saturated rings. The molecule has 0 aliphatic carbocycles. The van der Waals surface area contributed by atoms with Crippen LogP contribution in [0.25, 0.3) is 0 Å². The minimum absolute atomic E-state index is 0.221. The summed E-state index contributed by atoms with van der Waals surface area (Å²) >= 11 is 0. The summed E-state index contributed by atoms with van der Waals surface area (Å²) in [4.78, 5) is 25.9. The van der Waals surface area contributed by atoms with E-state index in [1.54, 1.807) is 24.8 Å². The first-order valence-corrected chi connectivity index (χ1v) is 7.25. The van der Waals surface area contributed by atoms with Gasteiger partial charge in [-0.25, -0.2) is 4.39 Å². The van der Waals surface area contributed by atoms with Crippen LogP contribution in [0.4, 0.5) is 4.39 Å². The minimum Gasteiger partial charge on any atom is -0.466 e. The summed E-state index contributed by atoms with van der Waals surface area (Å²) in [7, 11) is 0. The molecule has 2 rings (SSSR count). The second-order valence-electron chi connectivity index (χ2n) is 5.30. The number of benzene rings is 1. The summed E-state index contributed by atoms with van der Waals surface area (Å²) in [5.41, 5.74) is 1.10. The number of hydrogen-bond donors (Lipinski definition) is 0. The molecule has 0 bridgehead atoms. The molecule has 114 valence electrons. The van der Waals surface area contributed by atoms with E-state index in [0.29, 0.717) is 25.3 Å². The average Bonchev–Trinajstić information content (AvgIpc) is 2.49. The topological polar surface area (TPSA) is 46.6 Å². The Morgan fingerprint density at radius 2 is 2.19 bits per heavy atom. The van der Waals surface area contributed by atoms with Crippen LogP contribution in [0.5, 0.6) is 0 Å². The summed E-state index contributed by atoms with van der Waals surface area (Å²) in [5, 5.41) is 0. The van der Waals surface area contributed by atoms with Crippen LogP contribution < -0.4 is 0 Å². The van der Waals surface area contributed by atoms with Crippen molar-refractivity contribution in [1.82, 2.24) is 4.90 Å². The summed E-state index contributed by atoms with van der Waals surface area (Å²) in [6, 6.07) is 4.19. The third kappa shape index (κ3) is 3.60. The van der Waals surface area contributed by atoms with Gasteiger partial charge in [-0.2, -0.15) is 0 Å². The molecule has 0 N–H and O–H groups in total. The lowest BCUT2D eigenvalue weighted by Crippen LogP contribution is -2.43. The van der Waals surface area contributed by atoms with Crippen molar-refractivity contribution >= 4 is 11.9 Å². The lowest BCUT2D eigenvalue weighted by atomic mass is 9.97. The normalized spacial score (nSPS) is 18.4. The van der Waals surface area contributed by atoms with Crippen molar-refractivity contribution in [3.63, 3.8) is 0 Å². The molecule has 1 aromatic carbocycles. The first kappa shape index (κ1) is 15.5. The zero-order valence-electron chi connectivity index (χ0n) is 12.4. The summed E-state index contributed by atoms with van der Waals surface area (Å²) < 4.78 is 18.4. The molecule has 5 heteroatoms. The fraction of sp³-hybridized carbons (Fsp3) is 0.500. The third-order valence-electron chi connectivity index (χ3n) is 3.76.